The van der Waals surface area contributed by atoms with Gasteiger partial charge in [0.1, 0.15) is 0 Å². The van der Waals surface area contributed by atoms with Crippen LogP contribution >= 0.6 is 0 Å². The first-order valence-electron chi connectivity index (χ1n) is 28.8. The molecule has 0 radical (unpaired) electrons. The van der Waals surface area contributed by atoms with Crippen LogP contribution in [0.3, 0.4) is 0 Å². The van der Waals surface area contributed by atoms with Crippen LogP contribution in [0.1, 0.15) is 37.5 Å². The Hall–Kier alpha value is -9.63. The SMILES string of the molecule is Cc1ccc2c(c1)B(c1c(-c3ccccc3)cccc1-c1ccccc1)c1ccccc1N2c1ccccc1.Cc1cccc(-c2cccc(-c3ccccc3)c2B2c3ccccc3N(c3ccccc3)c3ccc(C(C)(C)C)cc32)c1. The number of benzene rings is 12. The summed E-state index contributed by atoms with van der Waals surface area (Å²) >= 11 is 0. The van der Waals surface area contributed by atoms with E-state index >= 15 is 0 Å². The number of para-hydroxylation sites is 4. The fourth-order valence-electron chi connectivity index (χ4n) is 12.8. The summed E-state index contributed by atoms with van der Waals surface area (Å²) in [7, 11) is 0. The van der Waals surface area contributed by atoms with E-state index in [0.29, 0.717) is 0 Å². The lowest BCUT2D eigenvalue weighted by Crippen LogP contribution is -2.58. The van der Waals surface area contributed by atoms with E-state index in [9.17, 15) is 0 Å². The lowest BCUT2D eigenvalue weighted by atomic mass is 9.33. The Labute approximate surface area is 485 Å². The van der Waals surface area contributed by atoms with Gasteiger partial charge in [-0.1, -0.05) is 292 Å². The average molecular weight is 1050 g/mol. The van der Waals surface area contributed by atoms with Gasteiger partial charge < -0.3 is 9.80 Å². The van der Waals surface area contributed by atoms with Crippen molar-refractivity contribution in [2.45, 2.75) is 40.0 Å². The van der Waals surface area contributed by atoms with Gasteiger partial charge >= 0.3 is 0 Å². The summed E-state index contributed by atoms with van der Waals surface area (Å²) in [6.45, 7) is 11.4. The summed E-state index contributed by atoms with van der Waals surface area (Å²) in [5.74, 6) is 0. The van der Waals surface area contributed by atoms with Gasteiger partial charge in [0, 0.05) is 34.1 Å². The summed E-state index contributed by atoms with van der Waals surface area (Å²) in [5, 5.41) is 0. The second kappa shape index (κ2) is 22.1. The van der Waals surface area contributed by atoms with Crippen LogP contribution in [0.2, 0.25) is 0 Å². The fourth-order valence-corrected chi connectivity index (χ4v) is 12.8. The minimum Gasteiger partial charge on any atom is -0.312 e. The lowest BCUT2D eigenvalue weighted by Gasteiger charge is -2.39. The van der Waals surface area contributed by atoms with Crippen LogP contribution in [0.25, 0.3) is 44.5 Å². The average Bonchev–Trinajstić information content (AvgIpc) is 3.17. The molecule has 4 heteroatoms. The molecule has 12 aromatic rings. The van der Waals surface area contributed by atoms with Crippen molar-refractivity contribution < 1.29 is 0 Å². The molecule has 0 N–H and O–H groups in total. The van der Waals surface area contributed by atoms with E-state index < -0.39 is 0 Å². The molecule has 82 heavy (non-hydrogen) atoms. The van der Waals surface area contributed by atoms with E-state index in [0.717, 1.165) is 0 Å². The highest BCUT2D eigenvalue weighted by molar-refractivity contribution is 7.00. The van der Waals surface area contributed by atoms with Gasteiger partial charge in [0.2, 0.25) is 13.4 Å². The number of hydrogen-bond donors (Lipinski definition) is 0. The van der Waals surface area contributed by atoms with E-state index in [1.165, 1.54) is 128 Å². The third-order valence-electron chi connectivity index (χ3n) is 16.6. The normalized spacial score (nSPS) is 12.4. The van der Waals surface area contributed by atoms with Crippen LogP contribution in [-0.2, 0) is 5.41 Å². The molecule has 2 aliphatic heterocycles. The molecular weight excluding hydrogens is 986 g/mol. The molecule has 14 rings (SSSR count). The number of aryl methyl sites for hydroxylation is 2. The number of hydrogen-bond acceptors (Lipinski definition) is 2. The van der Waals surface area contributed by atoms with Gasteiger partial charge in [-0.25, -0.2) is 0 Å². The molecule has 0 fully saturated rings. The zero-order chi connectivity index (χ0) is 55.7. The number of anilines is 6. The van der Waals surface area contributed by atoms with Crippen molar-refractivity contribution in [2.24, 2.45) is 0 Å². The van der Waals surface area contributed by atoms with Crippen LogP contribution < -0.4 is 42.6 Å². The number of nitrogens with zero attached hydrogens (tertiary/aromatic N) is 2. The molecule has 0 aliphatic carbocycles. The third-order valence-corrected chi connectivity index (χ3v) is 16.6. The summed E-state index contributed by atoms with van der Waals surface area (Å²) in [5.41, 5.74) is 29.3. The second-order valence-electron chi connectivity index (χ2n) is 22.9. The van der Waals surface area contributed by atoms with Crippen LogP contribution in [0, 0.1) is 13.8 Å². The van der Waals surface area contributed by atoms with E-state index in [4.69, 9.17) is 0 Å². The zero-order valence-electron chi connectivity index (χ0n) is 47.3. The summed E-state index contributed by atoms with van der Waals surface area (Å²) in [6, 6.07) is 109. The predicted octanol–water partition coefficient (Wildman–Crippen LogP) is 16.6. The van der Waals surface area contributed by atoms with Gasteiger partial charge in [-0.15, -0.1) is 0 Å². The summed E-state index contributed by atoms with van der Waals surface area (Å²) in [4.78, 5) is 4.87. The van der Waals surface area contributed by atoms with Crippen molar-refractivity contribution >= 4 is 80.3 Å². The minimum absolute atomic E-state index is 0.0203. The summed E-state index contributed by atoms with van der Waals surface area (Å²) in [6.07, 6.45) is 0. The van der Waals surface area contributed by atoms with Crippen LogP contribution in [0.5, 0.6) is 0 Å². The quantitative estimate of drug-likeness (QED) is 0.140. The van der Waals surface area contributed by atoms with Gasteiger partial charge in [-0.2, -0.15) is 0 Å². The highest BCUT2D eigenvalue weighted by Gasteiger charge is 2.40. The predicted molar refractivity (Wildman–Crippen MR) is 354 cm³/mol. The number of fused-ring (bicyclic) bond motifs is 4. The number of rotatable bonds is 8. The third kappa shape index (κ3) is 9.75. The van der Waals surface area contributed by atoms with Crippen LogP contribution in [-0.4, -0.2) is 13.4 Å². The zero-order valence-corrected chi connectivity index (χ0v) is 47.3. The van der Waals surface area contributed by atoms with Crippen molar-refractivity contribution in [3.8, 4) is 44.5 Å². The van der Waals surface area contributed by atoms with Gasteiger partial charge in [0.15, 0.2) is 0 Å². The molecule has 392 valence electrons. The van der Waals surface area contributed by atoms with E-state index in [1.54, 1.807) is 0 Å². The first-order chi connectivity index (χ1) is 40.2. The van der Waals surface area contributed by atoms with E-state index in [-0.39, 0.29) is 18.8 Å². The first-order valence-corrected chi connectivity index (χ1v) is 28.8. The molecule has 0 spiro atoms. The first kappa shape index (κ1) is 51.8. The smallest absolute Gasteiger partial charge is 0.248 e. The van der Waals surface area contributed by atoms with Gasteiger partial charge in [-0.05, 0) is 140 Å². The second-order valence-corrected chi connectivity index (χ2v) is 22.9. The van der Waals surface area contributed by atoms with Gasteiger partial charge in [0.05, 0.1) is 0 Å². The van der Waals surface area contributed by atoms with Crippen molar-refractivity contribution in [2.75, 3.05) is 9.80 Å². The maximum absolute atomic E-state index is 2.48. The molecule has 0 saturated carbocycles. The van der Waals surface area contributed by atoms with Crippen molar-refractivity contribution in [1.29, 1.82) is 0 Å². The molecule has 2 nitrogen and oxygen atoms in total. The molecule has 12 aromatic carbocycles. The molecule has 0 aromatic heterocycles. The molecular formula is C78H64B2N2. The minimum atomic E-state index is 0.0203. The monoisotopic (exact) mass is 1050 g/mol. The Kier molecular flexibility index (Phi) is 14.0. The Morgan fingerprint density at radius 3 is 1.05 bits per heavy atom. The van der Waals surface area contributed by atoms with Crippen molar-refractivity contribution in [3.05, 3.63) is 314 Å². The maximum atomic E-state index is 2.48. The topological polar surface area (TPSA) is 6.48 Å². The standard InChI is InChI=1S/C41H36BN.C37H28BN/c1-29-15-13-18-31(27-29)35-22-14-21-34(30-16-7-5-8-17-30)40(35)42-36-23-11-12-24-38(36)43(33-19-9-6-10-20-33)39-26-25-32(28-37(39)42)41(2,3)4;1-27-24-25-36-34(26-27)38(33-22-11-12-23-35(33)39(36)30-18-9-4-10-19-30)37-31(28-14-5-2-6-15-28)20-13-21-32(37)29-16-7-3-8-17-29/h5-28H,1-4H3;2-26H,1H3. The fraction of sp³-hybridized carbons (Fsp3) is 0.0769. The Bertz CT molecular complexity index is 4170. The molecule has 0 amide bonds. The largest absolute Gasteiger partial charge is 0.312 e. The maximum Gasteiger partial charge on any atom is 0.248 e. The van der Waals surface area contributed by atoms with E-state index in [1.807, 2.05) is 0 Å². The molecule has 2 aliphatic rings. The van der Waals surface area contributed by atoms with Crippen molar-refractivity contribution in [1.82, 2.24) is 0 Å². The Balaban J connectivity index is 0.000000155. The lowest BCUT2D eigenvalue weighted by molar-refractivity contribution is 0.591. The van der Waals surface area contributed by atoms with Crippen LogP contribution in [0.15, 0.2) is 297 Å². The Morgan fingerprint density at radius 2 is 0.610 bits per heavy atom. The molecule has 0 bridgehead atoms. The highest BCUT2D eigenvalue weighted by Crippen LogP contribution is 2.40. The van der Waals surface area contributed by atoms with Gasteiger partial charge in [0.25, 0.3) is 0 Å². The Morgan fingerprint density at radius 1 is 0.268 bits per heavy atom. The molecule has 0 saturated heterocycles. The van der Waals surface area contributed by atoms with Crippen LogP contribution in [0.4, 0.5) is 34.1 Å². The summed E-state index contributed by atoms with van der Waals surface area (Å²) < 4.78 is 0. The molecule has 2 heterocycles. The van der Waals surface area contributed by atoms with Gasteiger partial charge in [-0.3, -0.25) is 0 Å². The molecule has 0 unspecified atom stereocenters. The van der Waals surface area contributed by atoms with Crippen molar-refractivity contribution in [3.63, 3.8) is 0 Å². The molecule has 0 atom stereocenters. The highest BCUT2D eigenvalue weighted by atomic mass is 15.2. The van der Waals surface area contributed by atoms with E-state index in [2.05, 4.69) is 342 Å².